The first-order valence-electron chi connectivity index (χ1n) is 8.02. The van der Waals surface area contributed by atoms with Gasteiger partial charge in [-0.2, -0.15) is 0 Å². The maximum absolute atomic E-state index is 12.5. The van der Waals surface area contributed by atoms with E-state index < -0.39 is 0 Å². The Hall–Kier alpha value is -2.17. The molecular formula is C17H20N4O. The fourth-order valence-electron chi connectivity index (χ4n) is 3.70. The summed E-state index contributed by atoms with van der Waals surface area (Å²) in [7, 11) is 0. The highest BCUT2D eigenvalue weighted by Crippen LogP contribution is 2.56. The largest absolute Gasteiger partial charge is 0.349 e. The van der Waals surface area contributed by atoms with Crippen molar-refractivity contribution in [3.8, 4) is 5.82 Å². The van der Waals surface area contributed by atoms with Crippen LogP contribution in [0.25, 0.3) is 5.82 Å². The second-order valence-electron chi connectivity index (χ2n) is 6.53. The predicted molar refractivity (Wildman–Crippen MR) is 82.7 cm³/mol. The Morgan fingerprint density at radius 2 is 2.14 bits per heavy atom. The summed E-state index contributed by atoms with van der Waals surface area (Å²) in [5.41, 5.74) is 1.07. The van der Waals surface area contributed by atoms with E-state index in [1.165, 1.54) is 32.1 Å². The molecule has 0 radical (unpaired) electrons. The summed E-state index contributed by atoms with van der Waals surface area (Å²) in [6.45, 7) is 0. The van der Waals surface area contributed by atoms with Crippen molar-refractivity contribution in [2.45, 2.75) is 44.6 Å². The van der Waals surface area contributed by atoms with Crippen LogP contribution in [0.1, 0.15) is 48.9 Å². The first kappa shape index (κ1) is 13.5. The average Bonchev–Trinajstić information content (AvgIpc) is 2.99. The number of nitrogens with zero attached hydrogens (tertiary/aromatic N) is 3. The molecule has 1 N–H and O–H groups in total. The second-order valence-corrected chi connectivity index (χ2v) is 6.53. The van der Waals surface area contributed by atoms with Crippen LogP contribution in [0, 0.1) is 5.41 Å². The number of amides is 1. The standard InChI is InChI=1S/C17H20N4O/c22-16(20-14-11-17(14)5-2-1-3-6-17)13-4-7-19-15(10-13)21-9-8-18-12-21/h4,7-10,12,14H,1-3,5-6,11H2,(H,20,22). The van der Waals surface area contributed by atoms with Crippen LogP contribution in [0.3, 0.4) is 0 Å². The molecule has 5 heteroatoms. The van der Waals surface area contributed by atoms with Gasteiger partial charge in [-0.25, -0.2) is 9.97 Å². The number of carbonyl (C=O) groups excluding carboxylic acids is 1. The Morgan fingerprint density at radius 1 is 1.27 bits per heavy atom. The molecule has 2 heterocycles. The van der Waals surface area contributed by atoms with Gasteiger partial charge < -0.3 is 5.32 Å². The van der Waals surface area contributed by atoms with Gasteiger partial charge in [-0.1, -0.05) is 19.3 Å². The fraction of sp³-hybridized carbons (Fsp3) is 0.471. The topological polar surface area (TPSA) is 59.8 Å². The Bertz CT molecular complexity index is 674. The van der Waals surface area contributed by atoms with Crippen molar-refractivity contribution < 1.29 is 4.79 Å². The maximum Gasteiger partial charge on any atom is 0.251 e. The third kappa shape index (κ3) is 2.40. The molecule has 114 valence electrons. The van der Waals surface area contributed by atoms with E-state index in [9.17, 15) is 4.79 Å². The van der Waals surface area contributed by atoms with Crippen LogP contribution in [0.5, 0.6) is 0 Å². The molecule has 2 aromatic heterocycles. The Balaban J connectivity index is 1.46. The third-order valence-corrected chi connectivity index (χ3v) is 5.12. The molecule has 1 amide bonds. The summed E-state index contributed by atoms with van der Waals surface area (Å²) in [6.07, 6.45) is 14.5. The molecule has 0 aromatic carbocycles. The van der Waals surface area contributed by atoms with Crippen LogP contribution < -0.4 is 5.32 Å². The van der Waals surface area contributed by atoms with E-state index in [1.807, 2.05) is 12.3 Å². The Morgan fingerprint density at radius 3 is 2.91 bits per heavy atom. The maximum atomic E-state index is 12.5. The van der Waals surface area contributed by atoms with Crippen LogP contribution in [0.2, 0.25) is 0 Å². The minimum atomic E-state index is 0.0104. The number of imidazole rings is 1. The monoisotopic (exact) mass is 296 g/mol. The molecule has 1 atom stereocenters. The van der Waals surface area contributed by atoms with E-state index in [0.29, 0.717) is 22.8 Å². The van der Waals surface area contributed by atoms with Crippen LogP contribution in [-0.4, -0.2) is 26.5 Å². The number of pyridine rings is 1. The highest BCUT2D eigenvalue weighted by atomic mass is 16.1. The zero-order valence-corrected chi connectivity index (χ0v) is 12.5. The van der Waals surface area contributed by atoms with E-state index in [2.05, 4.69) is 15.3 Å². The Labute approximate surface area is 129 Å². The highest BCUT2D eigenvalue weighted by molar-refractivity contribution is 5.95. The molecule has 1 spiro atoms. The smallest absolute Gasteiger partial charge is 0.251 e. The van der Waals surface area contributed by atoms with Gasteiger partial charge >= 0.3 is 0 Å². The van der Waals surface area contributed by atoms with Gasteiger partial charge in [-0.05, 0) is 36.8 Å². The minimum absolute atomic E-state index is 0.0104. The lowest BCUT2D eigenvalue weighted by molar-refractivity contribution is 0.0942. The molecule has 4 rings (SSSR count). The minimum Gasteiger partial charge on any atom is -0.349 e. The average molecular weight is 296 g/mol. The molecule has 22 heavy (non-hydrogen) atoms. The van der Waals surface area contributed by atoms with Crippen LogP contribution in [0.15, 0.2) is 37.1 Å². The number of rotatable bonds is 3. The zero-order valence-electron chi connectivity index (χ0n) is 12.5. The van der Waals surface area contributed by atoms with Gasteiger partial charge in [0.1, 0.15) is 12.1 Å². The van der Waals surface area contributed by atoms with Gasteiger partial charge in [0.2, 0.25) is 0 Å². The third-order valence-electron chi connectivity index (χ3n) is 5.12. The summed E-state index contributed by atoms with van der Waals surface area (Å²) < 4.78 is 1.80. The van der Waals surface area contributed by atoms with Crippen molar-refractivity contribution in [3.63, 3.8) is 0 Å². The summed E-state index contributed by atoms with van der Waals surface area (Å²) >= 11 is 0. The molecule has 0 saturated heterocycles. The zero-order chi connectivity index (χ0) is 15.0. The van der Waals surface area contributed by atoms with Crippen molar-refractivity contribution >= 4 is 5.91 Å². The van der Waals surface area contributed by atoms with Crippen LogP contribution in [-0.2, 0) is 0 Å². The molecule has 2 aromatic rings. The van der Waals surface area contributed by atoms with Crippen molar-refractivity contribution in [1.29, 1.82) is 0 Å². The van der Waals surface area contributed by atoms with Crippen molar-refractivity contribution in [1.82, 2.24) is 19.9 Å². The number of hydrogen-bond acceptors (Lipinski definition) is 3. The van der Waals surface area contributed by atoms with E-state index in [-0.39, 0.29) is 5.91 Å². The molecule has 1 unspecified atom stereocenters. The van der Waals surface area contributed by atoms with Crippen molar-refractivity contribution in [2.24, 2.45) is 5.41 Å². The quantitative estimate of drug-likeness (QED) is 0.947. The van der Waals surface area contributed by atoms with Gasteiger partial charge in [0.05, 0.1) is 0 Å². The van der Waals surface area contributed by atoms with Gasteiger partial charge in [0.15, 0.2) is 0 Å². The van der Waals surface area contributed by atoms with E-state index >= 15 is 0 Å². The normalized spacial score (nSPS) is 22.5. The first-order valence-corrected chi connectivity index (χ1v) is 8.02. The van der Waals surface area contributed by atoms with Crippen LogP contribution in [0.4, 0.5) is 0 Å². The van der Waals surface area contributed by atoms with Gasteiger partial charge in [-0.3, -0.25) is 9.36 Å². The lowest BCUT2D eigenvalue weighted by atomic mass is 9.86. The number of carbonyl (C=O) groups is 1. The molecule has 2 aliphatic carbocycles. The first-order chi connectivity index (χ1) is 10.8. The lowest BCUT2D eigenvalue weighted by Crippen LogP contribution is -2.30. The molecule has 2 aliphatic rings. The predicted octanol–water partition coefficient (Wildman–Crippen LogP) is 2.72. The van der Waals surface area contributed by atoms with E-state index in [1.54, 1.807) is 29.4 Å². The fourth-order valence-corrected chi connectivity index (χ4v) is 3.70. The van der Waals surface area contributed by atoms with Crippen molar-refractivity contribution in [2.75, 3.05) is 0 Å². The second kappa shape index (κ2) is 5.23. The molecule has 5 nitrogen and oxygen atoms in total. The van der Waals surface area contributed by atoms with Gasteiger partial charge in [0.25, 0.3) is 5.91 Å². The number of aromatic nitrogens is 3. The summed E-state index contributed by atoms with van der Waals surface area (Å²) in [5.74, 6) is 0.726. The van der Waals surface area contributed by atoms with E-state index in [0.717, 1.165) is 6.42 Å². The molecule has 2 fully saturated rings. The van der Waals surface area contributed by atoms with Gasteiger partial charge in [-0.15, -0.1) is 0 Å². The molecule has 2 saturated carbocycles. The number of hydrogen-bond donors (Lipinski definition) is 1. The molecule has 0 bridgehead atoms. The van der Waals surface area contributed by atoms with Gasteiger partial charge in [0, 0.05) is 30.2 Å². The van der Waals surface area contributed by atoms with E-state index in [4.69, 9.17) is 0 Å². The summed E-state index contributed by atoms with van der Waals surface area (Å²) in [5, 5.41) is 3.21. The SMILES string of the molecule is O=C(NC1CC12CCCCC2)c1ccnc(-n2ccnc2)c1. The Kier molecular flexibility index (Phi) is 3.21. The summed E-state index contributed by atoms with van der Waals surface area (Å²) in [6, 6.07) is 3.95. The lowest BCUT2D eigenvalue weighted by Gasteiger charge is -2.22. The van der Waals surface area contributed by atoms with Crippen molar-refractivity contribution in [3.05, 3.63) is 42.6 Å². The summed E-state index contributed by atoms with van der Waals surface area (Å²) in [4.78, 5) is 20.8. The van der Waals surface area contributed by atoms with Crippen LogP contribution >= 0.6 is 0 Å². The highest BCUT2D eigenvalue weighted by Gasteiger charge is 2.54. The molecular weight excluding hydrogens is 276 g/mol. The number of nitrogens with one attached hydrogen (secondary N) is 1. The molecule has 0 aliphatic heterocycles.